The highest BCUT2D eigenvalue weighted by Gasteiger charge is 2.22. The molecule has 0 radical (unpaired) electrons. The molecule has 0 bridgehead atoms. The predicted molar refractivity (Wildman–Crippen MR) is 91.2 cm³/mol. The van der Waals surface area contributed by atoms with Gasteiger partial charge in [0.05, 0.1) is 4.90 Å². The molecule has 0 spiro atoms. The van der Waals surface area contributed by atoms with Crippen LogP contribution in [0.5, 0.6) is 0 Å². The fourth-order valence-corrected chi connectivity index (χ4v) is 4.18. The van der Waals surface area contributed by atoms with Gasteiger partial charge in [0.15, 0.2) is 0 Å². The largest absolute Gasteiger partial charge is 0.337 e. The second kappa shape index (κ2) is 6.09. The molecule has 3 rings (SSSR count). The molecule has 124 valence electrons. The molecule has 1 N–H and O–H groups in total. The third-order valence-corrected chi connectivity index (χ3v) is 5.23. The zero-order valence-corrected chi connectivity index (χ0v) is 14.4. The van der Waals surface area contributed by atoms with Crippen molar-refractivity contribution in [3.8, 4) is 11.3 Å². The first kappa shape index (κ1) is 16.2. The number of sulfonamides is 1. The molecule has 0 unspecified atom stereocenters. The van der Waals surface area contributed by atoms with Crippen molar-refractivity contribution in [1.82, 2.24) is 10.1 Å². The first-order chi connectivity index (χ1) is 11.4. The van der Waals surface area contributed by atoms with Crippen molar-refractivity contribution < 1.29 is 12.9 Å². The fraction of sp³-hybridized carbons (Fsp3) is 0.176. The SMILES string of the molecule is Cc1cc(C)c(S(=O)(=O)Nc2cc(-c3cccnc3)no2)c(C)c1. The summed E-state index contributed by atoms with van der Waals surface area (Å²) in [6.07, 6.45) is 3.28. The average molecular weight is 343 g/mol. The number of hydrogen-bond donors (Lipinski definition) is 1. The van der Waals surface area contributed by atoms with Gasteiger partial charge in [-0.2, -0.15) is 0 Å². The molecule has 0 aliphatic rings. The third kappa shape index (κ3) is 3.16. The topological polar surface area (TPSA) is 85.1 Å². The van der Waals surface area contributed by atoms with Crippen LogP contribution in [0, 0.1) is 20.8 Å². The molecule has 0 aliphatic carbocycles. The minimum atomic E-state index is -3.76. The van der Waals surface area contributed by atoms with Crippen LogP contribution in [0.25, 0.3) is 11.3 Å². The minimum Gasteiger partial charge on any atom is -0.337 e. The first-order valence-corrected chi connectivity index (χ1v) is 8.83. The van der Waals surface area contributed by atoms with Crippen LogP contribution in [0.15, 0.2) is 52.1 Å². The first-order valence-electron chi connectivity index (χ1n) is 7.34. The average Bonchev–Trinajstić information content (AvgIpc) is 2.94. The number of pyridine rings is 1. The number of nitrogens with zero attached hydrogens (tertiary/aromatic N) is 2. The lowest BCUT2D eigenvalue weighted by Crippen LogP contribution is -2.15. The normalized spacial score (nSPS) is 11.5. The van der Waals surface area contributed by atoms with E-state index in [2.05, 4.69) is 14.9 Å². The zero-order chi connectivity index (χ0) is 17.3. The van der Waals surface area contributed by atoms with E-state index in [0.29, 0.717) is 16.8 Å². The van der Waals surface area contributed by atoms with Gasteiger partial charge in [-0.3, -0.25) is 4.98 Å². The Kier molecular flexibility index (Phi) is 4.11. The van der Waals surface area contributed by atoms with Crippen LogP contribution < -0.4 is 4.72 Å². The summed E-state index contributed by atoms with van der Waals surface area (Å²) in [5.41, 5.74) is 3.65. The lowest BCUT2D eigenvalue weighted by molar-refractivity contribution is 0.438. The molecule has 0 saturated heterocycles. The summed E-state index contributed by atoms with van der Waals surface area (Å²) in [6.45, 7) is 5.48. The van der Waals surface area contributed by atoms with Gasteiger partial charge in [-0.15, -0.1) is 0 Å². The van der Waals surface area contributed by atoms with Gasteiger partial charge in [0, 0.05) is 24.0 Å². The highest BCUT2D eigenvalue weighted by atomic mass is 32.2. The molecule has 24 heavy (non-hydrogen) atoms. The summed E-state index contributed by atoms with van der Waals surface area (Å²) < 4.78 is 32.9. The molecule has 0 amide bonds. The van der Waals surface area contributed by atoms with E-state index >= 15 is 0 Å². The molecule has 2 aromatic heterocycles. The maximum absolute atomic E-state index is 12.7. The molecule has 0 saturated carbocycles. The molecule has 3 aromatic rings. The number of anilines is 1. The number of rotatable bonds is 4. The molecule has 0 atom stereocenters. The van der Waals surface area contributed by atoms with Gasteiger partial charge in [0.25, 0.3) is 10.0 Å². The van der Waals surface area contributed by atoms with E-state index in [1.165, 1.54) is 6.07 Å². The van der Waals surface area contributed by atoms with Crippen LogP contribution in [0.4, 0.5) is 5.88 Å². The highest BCUT2D eigenvalue weighted by molar-refractivity contribution is 7.92. The second-order valence-corrected chi connectivity index (χ2v) is 7.27. The molecule has 1 aromatic carbocycles. The zero-order valence-electron chi connectivity index (χ0n) is 13.6. The van der Waals surface area contributed by atoms with E-state index in [4.69, 9.17) is 4.52 Å². The van der Waals surface area contributed by atoms with Crippen LogP contribution in [-0.2, 0) is 10.0 Å². The smallest absolute Gasteiger partial charge is 0.264 e. The van der Waals surface area contributed by atoms with Crippen molar-refractivity contribution in [2.75, 3.05) is 4.72 Å². The Morgan fingerprint density at radius 1 is 1.08 bits per heavy atom. The molecule has 2 heterocycles. The van der Waals surface area contributed by atoms with Crippen molar-refractivity contribution in [3.05, 3.63) is 59.4 Å². The predicted octanol–water partition coefficient (Wildman–Crippen LogP) is 3.46. The lowest BCUT2D eigenvalue weighted by Gasteiger charge is -2.12. The standard InChI is InChI=1S/C17H17N3O3S/c1-11-7-12(2)17(13(3)8-11)24(21,22)20-16-9-15(19-23-16)14-5-4-6-18-10-14/h4-10,20H,1-3H3. The maximum atomic E-state index is 12.7. The van der Waals surface area contributed by atoms with Crippen molar-refractivity contribution in [3.63, 3.8) is 0 Å². The van der Waals surface area contributed by atoms with Gasteiger partial charge in [-0.05, 0) is 44.0 Å². The summed E-state index contributed by atoms with van der Waals surface area (Å²) in [5.74, 6) is 0.0632. The number of nitrogens with one attached hydrogen (secondary N) is 1. The summed E-state index contributed by atoms with van der Waals surface area (Å²) in [4.78, 5) is 4.26. The maximum Gasteiger partial charge on any atom is 0.264 e. The van der Waals surface area contributed by atoms with E-state index in [0.717, 1.165) is 11.1 Å². The molecular weight excluding hydrogens is 326 g/mol. The number of benzene rings is 1. The van der Waals surface area contributed by atoms with E-state index < -0.39 is 10.0 Å². The van der Waals surface area contributed by atoms with Crippen LogP contribution >= 0.6 is 0 Å². The summed E-state index contributed by atoms with van der Waals surface area (Å²) in [6, 6.07) is 8.80. The van der Waals surface area contributed by atoms with Crippen LogP contribution in [-0.4, -0.2) is 18.6 Å². The number of aryl methyl sites for hydroxylation is 3. The molecule has 0 fully saturated rings. The quantitative estimate of drug-likeness (QED) is 0.784. The summed E-state index contributed by atoms with van der Waals surface area (Å²) in [7, 11) is -3.76. The Morgan fingerprint density at radius 2 is 1.79 bits per heavy atom. The Morgan fingerprint density at radius 3 is 2.42 bits per heavy atom. The minimum absolute atomic E-state index is 0.0632. The van der Waals surface area contributed by atoms with E-state index in [9.17, 15) is 8.42 Å². The Labute approximate surface area is 140 Å². The van der Waals surface area contributed by atoms with Crippen LogP contribution in [0.2, 0.25) is 0 Å². The van der Waals surface area contributed by atoms with E-state index in [-0.39, 0.29) is 10.8 Å². The monoisotopic (exact) mass is 343 g/mol. The number of aromatic nitrogens is 2. The van der Waals surface area contributed by atoms with Crippen molar-refractivity contribution >= 4 is 15.9 Å². The van der Waals surface area contributed by atoms with Gasteiger partial charge in [0.1, 0.15) is 5.69 Å². The lowest BCUT2D eigenvalue weighted by atomic mass is 10.1. The van der Waals surface area contributed by atoms with Gasteiger partial charge in [0.2, 0.25) is 5.88 Å². The summed E-state index contributed by atoms with van der Waals surface area (Å²) in [5, 5.41) is 3.88. The molecule has 6 nitrogen and oxygen atoms in total. The third-order valence-electron chi connectivity index (χ3n) is 3.58. The van der Waals surface area contributed by atoms with Gasteiger partial charge >= 0.3 is 0 Å². The number of hydrogen-bond acceptors (Lipinski definition) is 5. The Balaban J connectivity index is 1.93. The summed E-state index contributed by atoms with van der Waals surface area (Å²) >= 11 is 0. The Hall–Kier alpha value is -2.67. The second-order valence-electron chi connectivity index (χ2n) is 5.65. The highest BCUT2D eigenvalue weighted by Crippen LogP contribution is 2.26. The van der Waals surface area contributed by atoms with Crippen molar-refractivity contribution in [1.29, 1.82) is 0 Å². The van der Waals surface area contributed by atoms with Crippen molar-refractivity contribution in [2.45, 2.75) is 25.7 Å². The molecule has 0 aliphatic heterocycles. The molecule has 7 heteroatoms. The fourth-order valence-electron chi connectivity index (χ4n) is 2.75. The van der Waals surface area contributed by atoms with E-state index in [1.807, 2.05) is 25.1 Å². The van der Waals surface area contributed by atoms with Crippen LogP contribution in [0.1, 0.15) is 16.7 Å². The van der Waals surface area contributed by atoms with Gasteiger partial charge < -0.3 is 4.52 Å². The Bertz CT molecular complexity index is 956. The van der Waals surface area contributed by atoms with E-state index in [1.54, 1.807) is 32.3 Å². The molecular formula is C17H17N3O3S. The van der Waals surface area contributed by atoms with Gasteiger partial charge in [-0.25, -0.2) is 13.1 Å². The van der Waals surface area contributed by atoms with Crippen LogP contribution in [0.3, 0.4) is 0 Å². The van der Waals surface area contributed by atoms with Gasteiger partial charge in [-0.1, -0.05) is 22.9 Å². The van der Waals surface area contributed by atoms with Crippen molar-refractivity contribution in [2.24, 2.45) is 0 Å².